The molecule has 2 aromatic carbocycles. The smallest absolute Gasteiger partial charge is 0.139 e. The van der Waals surface area contributed by atoms with Crippen molar-refractivity contribution in [1.82, 2.24) is 0 Å². The van der Waals surface area contributed by atoms with Crippen LogP contribution in [0.15, 0.2) is 60.9 Å². The Kier molecular flexibility index (Phi) is 2.88. The molecule has 3 nitrogen and oxygen atoms in total. The number of nitrogens with zero attached hydrogens (tertiary/aromatic N) is 2. The van der Waals surface area contributed by atoms with E-state index in [4.69, 9.17) is 0 Å². The molecule has 1 aliphatic heterocycles. The van der Waals surface area contributed by atoms with Gasteiger partial charge in [-0.2, -0.15) is 0 Å². The summed E-state index contributed by atoms with van der Waals surface area (Å²) in [6.07, 6.45) is 4.01. The summed E-state index contributed by atoms with van der Waals surface area (Å²) in [6, 6.07) is 15.8. The Morgan fingerprint density at radius 1 is 0.895 bits per heavy atom. The fourth-order valence-electron chi connectivity index (χ4n) is 2.19. The maximum absolute atomic E-state index is 9.87. The van der Waals surface area contributed by atoms with E-state index in [0.717, 1.165) is 11.4 Å². The SMILES string of the molecule is Cc1ccc(N2C=CN(c3ccccc3O)C2)cc1. The predicted octanol–water partition coefficient (Wildman–Crippen LogP) is 3.46. The Morgan fingerprint density at radius 2 is 1.58 bits per heavy atom. The molecule has 0 saturated heterocycles. The average Bonchev–Trinajstić information content (AvgIpc) is 2.89. The van der Waals surface area contributed by atoms with Gasteiger partial charge in [0.05, 0.1) is 12.4 Å². The molecule has 0 spiro atoms. The second kappa shape index (κ2) is 4.69. The van der Waals surface area contributed by atoms with E-state index in [9.17, 15) is 5.11 Å². The van der Waals surface area contributed by atoms with Crippen LogP contribution in [0.3, 0.4) is 0 Å². The van der Waals surface area contributed by atoms with Gasteiger partial charge in [0, 0.05) is 18.1 Å². The molecule has 0 aliphatic carbocycles. The standard InChI is InChI=1S/C16H16N2O/c1-13-6-8-14(9-7-13)17-10-11-18(12-17)15-4-2-3-5-16(15)19/h2-11,19H,12H2,1H3. The van der Waals surface area contributed by atoms with Crippen LogP contribution in [0.4, 0.5) is 11.4 Å². The molecule has 0 saturated carbocycles. The van der Waals surface area contributed by atoms with Gasteiger partial charge in [0.15, 0.2) is 0 Å². The Bertz CT molecular complexity index is 604. The normalized spacial score (nSPS) is 14.2. The predicted molar refractivity (Wildman–Crippen MR) is 78.3 cm³/mol. The highest BCUT2D eigenvalue weighted by atomic mass is 16.3. The number of hydrogen-bond donors (Lipinski definition) is 1. The minimum absolute atomic E-state index is 0.304. The van der Waals surface area contributed by atoms with Crippen LogP contribution in [0.1, 0.15) is 5.56 Å². The number of benzene rings is 2. The zero-order chi connectivity index (χ0) is 13.2. The van der Waals surface area contributed by atoms with Gasteiger partial charge >= 0.3 is 0 Å². The van der Waals surface area contributed by atoms with Gasteiger partial charge in [0.1, 0.15) is 5.75 Å². The van der Waals surface area contributed by atoms with Crippen molar-refractivity contribution in [2.24, 2.45) is 0 Å². The number of hydrogen-bond acceptors (Lipinski definition) is 3. The fourth-order valence-corrected chi connectivity index (χ4v) is 2.19. The topological polar surface area (TPSA) is 26.7 Å². The van der Waals surface area contributed by atoms with Gasteiger partial charge in [-0.3, -0.25) is 0 Å². The summed E-state index contributed by atoms with van der Waals surface area (Å²) in [5, 5.41) is 9.87. The molecule has 0 radical (unpaired) electrons. The summed E-state index contributed by atoms with van der Waals surface area (Å²) in [4.78, 5) is 4.17. The van der Waals surface area contributed by atoms with Crippen LogP contribution in [-0.4, -0.2) is 11.8 Å². The second-order valence-corrected chi connectivity index (χ2v) is 4.70. The van der Waals surface area contributed by atoms with Crippen LogP contribution in [0.5, 0.6) is 5.75 Å². The van der Waals surface area contributed by atoms with Crippen molar-refractivity contribution in [3.8, 4) is 5.75 Å². The Labute approximate surface area is 113 Å². The second-order valence-electron chi connectivity index (χ2n) is 4.70. The third kappa shape index (κ3) is 2.27. The number of para-hydroxylation sites is 2. The molecule has 0 bridgehead atoms. The molecule has 1 N–H and O–H groups in total. The average molecular weight is 252 g/mol. The van der Waals surface area contributed by atoms with Crippen molar-refractivity contribution in [2.75, 3.05) is 16.5 Å². The lowest BCUT2D eigenvalue weighted by atomic mass is 10.2. The number of anilines is 2. The van der Waals surface area contributed by atoms with Crippen LogP contribution in [0, 0.1) is 6.92 Å². The van der Waals surface area contributed by atoms with E-state index >= 15 is 0 Å². The van der Waals surface area contributed by atoms with Crippen molar-refractivity contribution in [2.45, 2.75) is 6.92 Å². The highest BCUT2D eigenvalue weighted by Crippen LogP contribution is 2.30. The minimum Gasteiger partial charge on any atom is -0.506 e. The van der Waals surface area contributed by atoms with Gasteiger partial charge in [0.25, 0.3) is 0 Å². The van der Waals surface area contributed by atoms with E-state index in [1.165, 1.54) is 5.56 Å². The molecule has 0 amide bonds. The Balaban J connectivity index is 1.80. The molecular weight excluding hydrogens is 236 g/mol. The first-order chi connectivity index (χ1) is 9.24. The van der Waals surface area contributed by atoms with Crippen molar-refractivity contribution < 1.29 is 5.11 Å². The molecule has 0 atom stereocenters. The van der Waals surface area contributed by atoms with Gasteiger partial charge in [0.2, 0.25) is 0 Å². The van der Waals surface area contributed by atoms with Gasteiger partial charge < -0.3 is 14.9 Å². The highest BCUT2D eigenvalue weighted by molar-refractivity contribution is 5.64. The zero-order valence-electron chi connectivity index (χ0n) is 10.8. The van der Waals surface area contributed by atoms with E-state index in [0.29, 0.717) is 12.4 Å². The minimum atomic E-state index is 0.304. The summed E-state index contributed by atoms with van der Waals surface area (Å²) in [6.45, 7) is 2.79. The first-order valence-corrected chi connectivity index (χ1v) is 6.30. The van der Waals surface area contributed by atoms with Crippen LogP contribution in [0.2, 0.25) is 0 Å². The monoisotopic (exact) mass is 252 g/mol. The molecule has 3 rings (SSSR count). The lowest BCUT2D eigenvalue weighted by Gasteiger charge is -2.22. The quantitative estimate of drug-likeness (QED) is 0.886. The van der Waals surface area contributed by atoms with Gasteiger partial charge in [-0.15, -0.1) is 0 Å². The summed E-state index contributed by atoms with van der Waals surface area (Å²) < 4.78 is 0. The molecule has 96 valence electrons. The lowest BCUT2D eigenvalue weighted by Crippen LogP contribution is -2.24. The first-order valence-electron chi connectivity index (χ1n) is 6.30. The lowest BCUT2D eigenvalue weighted by molar-refractivity contribution is 0.475. The number of phenols is 1. The molecule has 1 aliphatic rings. The van der Waals surface area contributed by atoms with Crippen molar-refractivity contribution in [3.05, 3.63) is 66.5 Å². The maximum atomic E-state index is 9.87. The number of aromatic hydroxyl groups is 1. The molecule has 2 aromatic rings. The molecule has 0 aromatic heterocycles. The van der Waals surface area contributed by atoms with Crippen LogP contribution >= 0.6 is 0 Å². The molecule has 0 fully saturated rings. The summed E-state index contributed by atoms with van der Waals surface area (Å²) in [7, 11) is 0. The molecule has 0 unspecified atom stereocenters. The molecule has 1 heterocycles. The van der Waals surface area contributed by atoms with Gasteiger partial charge in [-0.1, -0.05) is 29.8 Å². The van der Waals surface area contributed by atoms with Crippen molar-refractivity contribution >= 4 is 11.4 Å². The number of aryl methyl sites for hydroxylation is 1. The number of rotatable bonds is 2. The Morgan fingerprint density at radius 3 is 2.32 bits per heavy atom. The van der Waals surface area contributed by atoms with E-state index in [2.05, 4.69) is 36.1 Å². The van der Waals surface area contributed by atoms with Gasteiger partial charge in [-0.25, -0.2) is 0 Å². The largest absolute Gasteiger partial charge is 0.506 e. The van der Waals surface area contributed by atoms with Crippen molar-refractivity contribution in [1.29, 1.82) is 0 Å². The Hall–Kier alpha value is -2.42. The third-order valence-electron chi connectivity index (χ3n) is 3.29. The molecule has 3 heteroatoms. The van der Waals surface area contributed by atoms with E-state index in [1.807, 2.05) is 35.5 Å². The summed E-state index contributed by atoms with van der Waals surface area (Å²) in [5.74, 6) is 0.304. The van der Waals surface area contributed by atoms with Gasteiger partial charge in [-0.05, 0) is 31.2 Å². The van der Waals surface area contributed by atoms with E-state index in [1.54, 1.807) is 6.07 Å². The van der Waals surface area contributed by atoms with Crippen LogP contribution < -0.4 is 9.80 Å². The third-order valence-corrected chi connectivity index (χ3v) is 3.29. The summed E-state index contributed by atoms with van der Waals surface area (Å²) in [5.41, 5.74) is 3.23. The van der Waals surface area contributed by atoms with Crippen LogP contribution in [0.25, 0.3) is 0 Å². The summed E-state index contributed by atoms with van der Waals surface area (Å²) >= 11 is 0. The molecule has 19 heavy (non-hydrogen) atoms. The van der Waals surface area contributed by atoms with Crippen LogP contribution in [-0.2, 0) is 0 Å². The van der Waals surface area contributed by atoms with E-state index in [-0.39, 0.29) is 0 Å². The van der Waals surface area contributed by atoms with E-state index < -0.39 is 0 Å². The first kappa shape index (κ1) is 11.7. The van der Waals surface area contributed by atoms with Crippen molar-refractivity contribution in [3.63, 3.8) is 0 Å². The highest BCUT2D eigenvalue weighted by Gasteiger charge is 2.17. The zero-order valence-corrected chi connectivity index (χ0v) is 10.8. The fraction of sp³-hybridized carbons (Fsp3) is 0.125. The molecular formula is C16H16N2O. The maximum Gasteiger partial charge on any atom is 0.139 e. The number of phenolic OH excluding ortho intramolecular Hbond substituents is 1.